The molecule has 4 heteroatoms. The van der Waals surface area contributed by atoms with E-state index >= 15 is 0 Å². The molecule has 0 radical (unpaired) electrons. The first-order chi connectivity index (χ1) is 7.29. The van der Waals surface area contributed by atoms with Gasteiger partial charge in [0.05, 0.1) is 7.11 Å². The zero-order valence-corrected chi connectivity index (χ0v) is 8.90. The van der Waals surface area contributed by atoms with E-state index in [2.05, 4.69) is 9.97 Å². The Bertz CT molecular complexity index is 459. The third-order valence-electron chi connectivity index (χ3n) is 1.91. The van der Waals surface area contributed by atoms with Gasteiger partial charge in [-0.25, -0.2) is 4.98 Å². The summed E-state index contributed by atoms with van der Waals surface area (Å²) >= 11 is 5.85. The minimum Gasteiger partial charge on any atom is -0.481 e. The Hall–Kier alpha value is -1.61. The molecule has 0 atom stereocenters. The van der Waals surface area contributed by atoms with E-state index in [1.54, 1.807) is 13.2 Å². The summed E-state index contributed by atoms with van der Waals surface area (Å²) in [5, 5.41) is 0.376. The van der Waals surface area contributed by atoms with Gasteiger partial charge in [-0.3, -0.25) is 0 Å². The summed E-state index contributed by atoms with van der Waals surface area (Å²) in [7, 11) is 1.55. The molecule has 1 aromatic carbocycles. The van der Waals surface area contributed by atoms with Gasteiger partial charge < -0.3 is 4.74 Å². The normalized spacial score (nSPS) is 10.0. The Kier molecular flexibility index (Phi) is 2.83. The number of methoxy groups -OCH3 is 1. The molecule has 0 bridgehead atoms. The first-order valence-corrected chi connectivity index (χ1v) is 4.81. The van der Waals surface area contributed by atoms with Crippen LogP contribution in [0.15, 0.2) is 36.4 Å². The van der Waals surface area contributed by atoms with Crippen molar-refractivity contribution in [1.29, 1.82) is 0 Å². The number of aromatic nitrogens is 2. The zero-order chi connectivity index (χ0) is 10.7. The maximum atomic E-state index is 5.85. The van der Waals surface area contributed by atoms with Crippen molar-refractivity contribution in [2.75, 3.05) is 7.11 Å². The first kappa shape index (κ1) is 9.93. The van der Waals surface area contributed by atoms with E-state index in [4.69, 9.17) is 16.3 Å². The number of hydrogen-bond acceptors (Lipinski definition) is 3. The van der Waals surface area contributed by atoms with Gasteiger partial charge >= 0.3 is 0 Å². The highest BCUT2D eigenvalue weighted by atomic mass is 35.5. The van der Waals surface area contributed by atoms with Gasteiger partial charge in [0.25, 0.3) is 0 Å². The van der Waals surface area contributed by atoms with Gasteiger partial charge in [-0.05, 0) is 0 Å². The van der Waals surface area contributed by atoms with Crippen LogP contribution >= 0.6 is 11.6 Å². The highest BCUT2D eigenvalue weighted by Crippen LogP contribution is 2.20. The van der Waals surface area contributed by atoms with Crippen LogP contribution in [0, 0.1) is 0 Å². The summed E-state index contributed by atoms with van der Waals surface area (Å²) in [6, 6.07) is 11.2. The fraction of sp³-hybridized carbons (Fsp3) is 0.0909. The second-order valence-corrected chi connectivity index (χ2v) is 3.31. The molecule has 0 N–H and O–H groups in total. The monoisotopic (exact) mass is 220 g/mol. The molecule has 0 amide bonds. The van der Waals surface area contributed by atoms with E-state index in [9.17, 15) is 0 Å². The van der Waals surface area contributed by atoms with Crippen LogP contribution in [-0.2, 0) is 0 Å². The van der Waals surface area contributed by atoms with Crippen molar-refractivity contribution < 1.29 is 4.74 Å². The number of halogens is 1. The Labute approximate surface area is 92.7 Å². The van der Waals surface area contributed by atoms with Crippen LogP contribution in [0.1, 0.15) is 0 Å². The van der Waals surface area contributed by atoms with Crippen molar-refractivity contribution in [3.63, 3.8) is 0 Å². The van der Waals surface area contributed by atoms with Crippen LogP contribution in [-0.4, -0.2) is 17.1 Å². The molecule has 2 rings (SSSR count). The summed E-state index contributed by atoms with van der Waals surface area (Å²) in [4.78, 5) is 8.33. The van der Waals surface area contributed by atoms with Crippen LogP contribution in [0.4, 0.5) is 0 Å². The van der Waals surface area contributed by atoms with E-state index in [0.29, 0.717) is 16.9 Å². The lowest BCUT2D eigenvalue weighted by Gasteiger charge is -2.03. The third kappa shape index (κ3) is 2.25. The maximum absolute atomic E-state index is 5.85. The van der Waals surface area contributed by atoms with Gasteiger partial charge in [-0.1, -0.05) is 41.9 Å². The van der Waals surface area contributed by atoms with E-state index < -0.39 is 0 Å². The topological polar surface area (TPSA) is 35.0 Å². The summed E-state index contributed by atoms with van der Waals surface area (Å²) in [6.07, 6.45) is 0. The molecule has 0 saturated heterocycles. The lowest BCUT2D eigenvalue weighted by Crippen LogP contribution is -1.93. The average Bonchev–Trinajstić information content (AvgIpc) is 2.29. The quantitative estimate of drug-likeness (QED) is 0.730. The molecule has 0 fully saturated rings. The van der Waals surface area contributed by atoms with Gasteiger partial charge in [0, 0.05) is 11.6 Å². The summed E-state index contributed by atoms with van der Waals surface area (Å²) in [5.74, 6) is 1.04. The molecule has 0 spiro atoms. The van der Waals surface area contributed by atoms with Crippen molar-refractivity contribution in [3.05, 3.63) is 41.6 Å². The summed E-state index contributed by atoms with van der Waals surface area (Å²) < 4.78 is 5.02. The number of hydrogen-bond donors (Lipinski definition) is 0. The van der Waals surface area contributed by atoms with Gasteiger partial charge in [-0.15, -0.1) is 0 Å². The molecule has 0 aliphatic rings. The van der Waals surface area contributed by atoms with Gasteiger partial charge in [0.2, 0.25) is 5.88 Å². The predicted octanol–water partition coefficient (Wildman–Crippen LogP) is 2.81. The van der Waals surface area contributed by atoms with Crippen LogP contribution in [0.25, 0.3) is 11.4 Å². The number of nitrogens with zero attached hydrogens (tertiary/aromatic N) is 2. The fourth-order valence-corrected chi connectivity index (χ4v) is 1.39. The molecule has 0 aliphatic heterocycles. The Morgan fingerprint density at radius 2 is 1.87 bits per heavy atom. The van der Waals surface area contributed by atoms with Crippen molar-refractivity contribution in [1.82, 2.24) is 9.97 Å². The van der Waals surface area contributed by atoms with Gasteiger partial charge in [0.15, 0.2) is 5.82 Å². The first-order valence-electron chi connectivity index (χ1n) is 4.43. The molecular formula is C11H9ClN2O. The number of rotatable bonds is 2. The smallest absolute Gasteiger partial charge is 0.218 e. The van der Waals surface area contributed by atoms with Crippen LogP contribution in [0.3, 0.4) is 0 Å². The second kappa shape index (κ2) is 4.28. The molecule has 0 unspecified atom stereocenters. The van der Waals surface area contributed by atoms with Crippen molar-refractivity contribution >= 4 is 11.6 Å². The Balaban J connectivity index is 2.49. The highest BCUT2D eigenvalue weighted by Gasteiger charge is 2.04. The van der Waals surface area contributed by atoms with E-state index in [1.807, 2.05) is 30.3 Å². The van der Waals surface area contributed by atoms with E-state index in [0.717, 1.165) is 5.56 Å². The third-order valence-corrected chi connectivity index (χ3v) is 2.11. The van der Waals surface area contributed by atoms with Crippen LogP contribution < -0.4 is 4.74 Å². The zero-order valence-electron chi connectivity index (χ0n) is 8.14. The molecule has 3 nitrogen and oxygen atoms in total. The van der Waals surface area contributed by atoms with Crippen molar-refractivity contribution in [2.45, 2.75) is 0 Å². The molecule has 1 heterocycles. The number of benzene rings is 1. The maximum Gasteiger partial charge on any atom is 0.218 e. The fourth-order valence-electron chi connectivity index (χ4n) is 1.22. The molecule has 76 valence electrons. The Morgan fingerprint density at radius 1 is 1.13 bits per heavy atom. The minimum absolute atomic E-state index is 0.376. The molecule has 15 heavy (non-hydrogen) atoms. The minimum atomic E-state index is 0.376. The average molecular weight is 221 g/mol. The van der Waals surface area contributed by atoms with Crippen LogP contribution in [0.5, 0.6) is 5.88 Å². The Morgan fingerprint density at radius 3 is 2.53 bits per heavy atom. The van der Waals surface area contributed by atoms with E-state index in [-0.39, 0.29) is 0 Å². The van der Waals surface area contributed by atoms with Crippen molar-refractivity contribution in [3.8, 4) is 17.3 Å². The predicted molar refractivity (Wildman–Crippen MR) is 59.0 cm³/mol. The summed E-state index contributed by atoms with van der Waals surface area (Å²) in [6.45, 7) is 0. The standard InChI is InChI=1S/C11H9ClN2O/c1-15-10-7-9(12)13-11(14-10)8-5-3-2-4-6-8/h2-7H,1H3. The van der Waals surface area contributed by atoms with Gasteiger partial charge in [-0.2, -0.15) is 4.98 Å². The summed E-state index contributed by atoms with van der Waals surface area (Å²) in [5.41, 5.74) is 0.915. The highest BCUT2D eigenvalue weighted by molar-refractivity contribution is 6.29. The largest absolute Gasteiger partial charge is 0.481 e. The van der Waals surface area contributed by atoms with Crippen molar-refractivity contribution in [2.24, 2.45) is 0 Å². The van der Waals surface area contributed by atoms with Gasteiger partial charge in [0.1, 0.15) is 5.15 Å². The van der Waals surface area contributed by atoms with E-state index in [1.165, 1.54) is 0 Å². The van der Waals surface area contributed by atoms with Crippen LogP contribution in [0.2, 0.25) is 5.15 Å². The lowest BCUT2D eigenvalue weighted by atomic mass is 10.2. The second-order valence-electron chi connectivity index (χ2n) is 2.92. The molecular weight excluding hydrogens is 212 g/mol. The number of ether oxygens (including phenoxy) is 1. The molecule has 0 aliphatic carbocycles. The lowest BCUT2D eigenvalue weighted by molar-refractivity contribution is 0.397. The molecule has 0 saturated carbocycles. The molecule has 2 aromatic rings. The molecule has 1 aromatic heterocycles. The SMILES string of the molecule is COc1cc(Cl)nc(-c2ccccc2)n1.